The molecular formula is C11H14N6O. The van der Waals surface area contributed by atoms with E-state index < -0.39 is 0 Å². The maximum atomic E-state index is 11.6. The van der Waals surface area contributed by atoms with Crippen LogP contribution in [0, 0.1) is 6.92 Å². The fourth-order valence-electron chi connectivity index (χ4n) is 2.14. The van der Waals surface area contributed by atoms with Crippen molar-refractivity contribution in [1.82, 2.24) is 25.1 Å². The second kappa shape index (κ2) is 3.94. The highest BCUT2D eigenvalue weighted by Crippen LogP contribution is 2.16. The summed E-state index contributed by atoms with van der Waals surface area (Å²) < 4.78 is 1.69. The molecule has 1 atom stereocenters. The molecule has 1 saturated heterocycles. The van der Waals surface area contributed by atoms with Gasteiger partial charge < -0.3 is 10.2 Å². The summed E-state index contributed by atoms with van der Waals surface area (Å²) >= 11 is 0. The Balaban J connectivity index is 2.02. The third-order valence-electron chi connectivity index (χ3n) is 3.20. The number of amides is 1. The monoisotopic (exact) mass is 246 g/mol. The molecule has 2 aromatic rings. The van der Waals surface area contributed by atoms with Gasteiger partial charge in [0, 0.05) is 13.1 Å². The van der Waals surface area contributed by atoms with Crippen molar-refractivity contribution in [2.45, 2.75) is 19.9 Å². The normalized spacial score (nSPS) is 20.2. The quantitative estimate of drug-likeness (QED) is 0.751. The predicted octanol–water partition coefficient (Wildman–Crippen LogP) is -0.243. The van der Waals surface area contributed by atoms with E-state index in [9.17, 15) is 4.79 Å². The fourth-order valence-corrected chi connectivity index (χ4v) is 2.14. The predicted molar refractivity (Wildman–Crippen MR) is 65.3 cm³/mol. The maximum Gasteiger partial charge on any atom is 0.242 e. The molecule has 1 aliphatic heterocycles. The Labute approximate surface area is 104 Å². The van der Waals surface area contributed by atoms with Gasteiger partial charge in [0.2, 0.25) is 5.91 Å². The number of hydrogen-bond donors (Lipinski definition) is 1. The second-order valence-electron chi connectivity index (χ2n) is 4.37. The van der Waals surface area contributed by atoms with Gasteiger partial charge >= 0.3 is 0 Å². The zero-order valence-electron chi connectivity index (χ0n) is 10.3. The number of fused-ring (bicyclic) bond motifs is 1. The third kappa shape index (κ3) is 1.59. The van der Waals surface area contributed by atoms with E-state index in [1.165, 1.54) is 0 Å². The highest BCUT2D eigenvalue weighted by molar-refractivity contribution is 5.85. The van der Waals surface area contributed by atoms with E-state index in [-0.39, 0.29) is 11.9 Å². The summed E-state index contributed by atoms with van der Waals surface area (Å²) in [5, 5.41) is 15.3. The lowest BCUT2D eigenvalue weighted by atomic mass is 10.2. The van der Waals surface area contributed by atoms with Gasteiger partial charge in [0.1, 0.15) is 11.9 Å². The zero-order valence-corrected chi connectivity index (χ0v) is 10.3. The smallest absolute Gasteiger partial charge is 0.242 e. The summed E-state index contributed by atoms with van der Waals surface area (Å²) in [7, 11) is 0. The number of anilines is 1. The van der Waals surface area contributed by atoms with Crippen LogP contribution in [0.4, 0.5) is 5.82 Å². The molecule has 1 unspecified atom stereocenters. The van der Waals surface area contributed by atoms with Crippen molar-refractivity contribution in [1.29, 1.82) is 0 Å². The Hall–Kier alpha value is -2.18. The summed E-state index contributed by atoms with van der Waals surface area (Å²) in [6, 6.07) is 3.53. The fraction of sp³-hybridized carbons (Fsp3) is 0.455. The van der Waals surface area contributed by atoms with Gasteiger partial charge in [0.25, 0.3) is 0 Å². The number of carbonyl (C=O) groups is 1. The molecule has 0 aromatic carbocycles. The first-order valence-electron chi connectivity index (χ1n) is 5.90. The number of nitrogens with zero attached hydrogens (tertiary/aromatic N) is 5. The number of piperazine rings is 1. The van der Waals surface area contributed by atoms with Crippen molar-refractivity contribution in [2.75, 3.05) is 18.0 Å². The lowest BCUT2D eigenvalue weighted by molar-refractivity contribution is -0.122. The van der Waals surface area contributed by atoms with Crippen molar-refractivity contribution in [3.05, 3.63) is 18.0 Å². The van der Waals surface area contributed by atoms with E-state index in [1.54, 1.807) is 4.52 Å². The molecule has 18 heavy (non-hydrogen) atoms. The Morgan fingerprint density at radius 2 is 2.22 bits per heavy atom. The van der Waals surface area contributed by atoms with E-state index in [4.69, 9.17) is 0 Å². The molecule has 1 N–H and O–H groups in total. The Morgan fingerprint density at radius 1 is 1.39 bits per heavy atom. The summed E-state index contributed by atoms with van der Waals surface area (Å²) in [5.41, 5.74) is 0.713. The van der Waals surface area contributed by atoms with Gasteiger partial charge in [-0.3, -0.25) is 4.79 Å². The number of hydrogen-bond acceptors (Lipinski definition) is 5. The highest BCUT2D eigenvalue weighted by atomic mass is 16.2. The Kier molecular flexibility index (Phi) is 2.39. The van der Waals surface area contributed by atoms with E-state index >= 15 is 0 Å². The summed E-state index contributed by atoms with van der Waals surface area (Å²) in [5.74, 6) is 1.54. The second-order valence-corrected chi connectivity index (χ2v) is 4.37. The van der Waals surface area contributed by atoms with Crippen molar-refractivity contribution in [3.63, 3.8) is 0 Å². The maximum absolute atomic E-state index is 11.6. The van der Waals surface area contributed by atoms with Gasteiger partial charge in [0.05, 0.1) is 0 Å². The number of rotatable bonds is 1. The van der Waals surface area contributed by atoms with Gasteiger partial charge in [0.15, 0.2) is 11.5 Å². The number of aromatic nitrogens is 4. The van der Waals surface area contributed by atoms with Crippen LogP contribution in [0.2, 0.25) is 0 Å². The van der Waals surface area contributed by atoms with Crippen LogP contribution < -0.4 is 10.2 Å². The first-order valence-corrected chi connectivity index (χ1v) is 5.90. The molecule has 7 heteroatoms. The van der Waals surface area contributed by atoms with Gasteiger partial charge in [-0.25, -0.2) is 0 Å². The van der Waals surface area contributed by atoms with Gasteiger partial charge in [-0.2, -0.15) is 4.52 Å². The van der Waals surface area contributed by atoms with Gasteiger partial charge in [-0.15, -0.1) is 15.3 Å². The lowest BCUT2D eigenvalue weighted by Crippen LogP contribution is -2.54. The number of aryl methyl sites for hydroxylation is 1. The minimum atomic E-state index is -0.208. The molecule has 0 radical (unpaired) electrons. The van der Waals surface area contributed by atoms with Crippen molar-refractivity contribution >= 4 is 17.4 Å². The molecule has 1 aliphatic rings. The third-order valence-corrected chi connectivity index (χ3v) is 3.20. The molecule has 0 aliphatic carbocycles. The molecule has 0 spiro atoms. The standard InChI is InChI=1S/C11H14N6O/c1-7-11(18)12-5-6-16(7)10-4-3-9-14-13-8(2)17(9)15-10/h3-4,7H,5-6H2,1-2H3,(H,12,18). The minimum absolute atomic E-state index is 0.0311. The molecule has 94 valence electrons. The van der Waals surface area contributed by atoms with Crippen molar-refractivity contribution < 1.29 is 4.79 Å². The molecule has 2 aromatic heterocycles. The van der Waals surface area contributed by atoms with Crippen molar-refractivity contribution in [2.24, 2.45) is 0 Å². The lowest BCUT2D eigenvalue weighted by Gasteiger charge is -2.33. The molecule has 1 fully saturated rings. The zero-order chi connectivity index (χ0) is 12.7. The van der Waals surface area contributed by atoms with Crippen LogP contribution in [0.5, 0.6) is 0 Å². The first-order chi connectivity index (χ1) is 8.66. The van der Waals surface area contributed by atoms with Gasteiger partial charge in [-0.05, 0) is 26.0 Å². The van der Waals surface area contributed by atoms with Crippen LogP contribution in [0.15, 0.2) is 12.1 Å². The molecule has 3 rings (SSSR count). The van der Waals surface area contributed by atoms with Crippen LogP contribution in [-0.2, 0) is 4.79 Å². The van der Waals surface area contributed by atoms with E-state index in [2.05, 4.69) is 20.6 Å². The average molecular weight is 246 g/mol. The topological polar surface area (TPSA) is 75.4 Å². The number of carbonyl (C=O) groups excluding carboxylic acids is 1. The number of nitrogens with one attached hydrogen (secondary N) is 1. The molecular weight excluding hydrogens is 232 g/mol. The van der Waals surface area contributed by atoms with Gasteiger partial charge in [-0.1, -0.05) is 0 Å². The summed E-state index contributed by atoms with van der Waals surface area (Å²) in [4.78, 5) is 13.6. The van der Waals surface area contributed by atoms with Crippen LogP contribution in [0.3, 0.4) is 0 Å². The highest BCUT2D eigenvalue weighted by Gasteiger charge is 2.26. The molecule has 7 nitrogen and oxygen atoms in total. The van der Waals surface area contributed by atoms with E-state index in [0.717, 1.165) is 18.2 Å². The summed E-state index contributed by atoms with van der Waals surface area (Å²) in [6.07, 6.45) is 0. The largest absolute Gasteiger partial charge is 0.353 e. The average Bonchev–Trinajstić information content (AvgIpc) is 2.74. The SMILES string of the molecule is Cc1nnc2ccc(N3CCNC(=O)C3C)nn12. The van der Waals surface area contributed by atoms with E-state index in [1.807, 2.05) is 30.9 Å². The van der Waals surface area contributed by atoms with Crippen LogP contribution >= 0.6 is 0 Å². The van der Waals surface area contributed by atoms with Crippen LogP contribution in [0.25, 0.3) is 5.65 Å². The Morgan fingerprint density at radius 3 is 3.06 bits per heavy atom. The summed E-state index contributed by atoms with van der Waals surface area (Å²) in [6.45, 7) is 5.12. The molecule has 0 bridgehead atoms. The van der Waals surface area contributed by atoms with Crippen LogP contribution in [0.1, 0.15) is 12.7 Å². The minimum Gasteiger partial charge on any atom is -0.353 e. The molecule has 3 heterocycles. The molecule has 1 amide bonds. The van der Waals surface area contributed by atoms with E-state index in [0.29, 0.717) is 12.2 Å². The molecule has 0 saturated carbocycles. The van der Waals surface area contributed by atoms with Crippen LogP contribution in [-0.4, -0.2) is 44.8 Å². The first kappa shape index (κ1) is 10.9. The Bertz CT molecular complexity index is 607. The van der Waals surface area contributed by atoms with Crippen molar-refractivity contribution in [3.8, 4) is 0 Å².